The van der Waals surface area contributed by atoms with E-state index in [2.05, 4.69) is 16.5 Å². The fraction of sp³-hybridized carbons (Fsp3) is 0.500. The standard InChI is InChI=1S/C14H17FN2S/c1-8-5-13-12(7-11(8)15)16-14(18)17(13)9(2)6-10-3-4-10/h5,7,9-10H,3-4,6H2,1-2H3,(H,16,18). The van der Waals surface area contributed by atoms with Gasteiger partial charge in [0.05, 0.1) is 11.0 Å². The predicted octanol–water partition coefficient (Wildman–Crippen LogP) is 4.51. The van der Waals surface area contributed by atoms with Gasteiger partial charge in [0.2, 0.25) is 0 Å². The van der Waals surface area contributed by atoms with E-state index >= 15 is 0 Å². The Labute approximate surface area is 111 Å². The van der Waals surface area contributed by atoms with E-state index < -0.39 is 0 Å². The van der Waals surface area contributed by atoms with Crippen LogP contribution in [0.1, 0.15) is 37.8 Å². The number of aryl methyl sites for hydroxylation is 1. The molecule has 18 heavy (non-hydrogen) atoms. The minimum atomic E-state index is -0.180. The Kier molecular flexibility index (Phi) is 2.77. The third-order valence-corrected chi connectivity index (χ3v) is 4.11. The van der Waals surface area contributed by atoms with E-state index in [0.717, 1.165) is 23.4 Å². The van der Waals surface area contributed by atoms with Crippen LogP contribution in [0, 0.1) is 23.4 Å². The summed E-state index contributed by atoms with van der Waals surface area (Å²) in [6.45, 7) is 3.99. The minimum absolute atomic E-state index is 0.180. The molecule has 1 saturated carbocycles. The SMILES string of the molecule is Cc1cc2c(cc1F)[nH]c(=S)n2C(C)CC1CC1. The molecular weight excluding hydrogens is 247 g/mol. The molecule has 1 unspecified atom stereocenters. The molecule has 1 aliphatic carbocycles. The van der Waals surface area contributed by atoms with Gasteiger partial charge in [-0.05, 0) is 56.1 Å². The van der Waals surface area contributed by atoms with Gasteiger partial charge in [-0.15, -0.1) is 0 Å². The largest absolute Gasteiger partial charge is 0.330 e. The fourth-order valence-corrected chi connectivity index (χ4v) is 3.02. The summed E-state index contributed by atoms with van der Waals surface area (Å²) >= 11 is 5.37. The number of halogens is 1. The van der Waals surface area contributed by atoms with Crippen molar-refractivity contribution in [2.24, 2.45) is 5.92 Å². The molecule has 1 N–H and O–H groups in total. The van der Waals surface area contributed by atoms with Crippen molar-refractivity contribution in [2.75, 3.05) is 0 Å². The number of fused-ring (bicyclic) bond motifs is 1. The molecule has 1 aliphatic rings. The van der Waals surface area contributed by atoms with E-state index in [0.29, 0.717) is 16.4 Å². The van der Waals surface area contributed by atoms with Gasteiger partial charge in [0, 0.05) is 6.04 Å². The Hall–Kier alpha value is -1.16. The molecule has 1 aromatic heterocycles. The number of aromatic amines is 1. The van der Waals surface area contributed by atoms with Crippen LogP contribution in [0.15, 0.2) is 12.1 Å². The molecule has 2 aromatic rings. The van der Waals surface area contributed by atoms with Crippen LogP contribution in [0.5, 0.6) is 0 Å². The number of nitrogens with zero attached hydrogens (tertiary/aromatic N) is 1. The number of hydrogen-bond donors (Lipinski definition) is 1. The summed E-state index contributed by atoms with van der Waals surface area (Å²) in [5.74, 6) is 0.675. The number of H-pyrrole nitrogens is 1. The van der Waals surface area contributed by atoms with Crippen molar-refractivity contribution in [3.05, 3.63) is 28.3 Å². The molecule has 96 valence electrons. The van der Waals surface area contributed by atoms with Crippen molar-refractivity contribution in [3.63, 3.8) is 0 Å². The first-order valence-electron chi connectivity index (χ1n) is 6.46. The minimum Gasteiger partial charge on any atom is -0.330 e. The van der Waals surface area contributed by atoms with Crippen LogP contribution in [-0.4, -0.2) is 9.55 Å². The molecule has 1 aromatic carbocycles. The summed E-state index contributed by atoms with van der Waals surface area (Å²) in [6, 6.07) is 3.81. The second-order valence-electron chi connectivity index (χ2n) is 5.45. The van der Waals surface area contributed by atoms with Crippen LogP contribution in [0.25, 0.3) is 11.0 Å². The molecule has 0 saturated heterocycles. The molecule has 1 fully saturated rings. The molecule has 0 bridgehead atoms. The lowest BCUT2D eigenvalue weighted by atomic mass is 10.1. The molecular formula is C14H17FN2S. The van der Waals surface area contributed by atoms with E-state index in [1.807, 2.05) is 6.07 Å². The first-order valence-corrected chi connectivity index (χ1v) is 6.87. The summed E-state index contributed by atoms with van der Waals surface area (Å²) in [7, 11) is 0. The monoisotopic (exact) mass is 264 g/mol. The molecule has 3 rings (SSSR count). The Morgan fingerprint density at radius 1 is 1.50 bits per heavy atom. The zero-order valence-electron chi connectivity index (χ0n) is 10.7. The van der Waals surface area contributed by atoms with Crippen molar-refractivity contribution < 1.29 is 4.39 Å². The fourth-order valence-electron chi connectivity index (χ4n) is 2.63. The molecule has 0 amide bonds. The van der Waals surface area contributed by atoms with Gasteiger partial charge in [-0.2, -0.15) is 0 Å². The Balaban J connectivity index is 2.11. The number of benzene rings is 1. The van der Waals surface area contributed by atoms with Gasteiger partial charge in [-0.3, -0.25) is 0 Å². The van der Waals surface area contributed by atoms with Gasteiger partial charge in [0.1, 0.15) is 5.82 Å². The third kappa shape index (κ3) is 1.99. The summed E-state index contributed by atoms with van der Waals surface area (Å²) < 4.78 is 16.4. The first-order chi connectivity index (χ1) is 8.56. The lowest BCUT2D eigenvalue weighted by molar-refractivity contribution is 0.483. The van der Waals surface area contributed by atoms with Crippen LogP contribution in [0.2, 0.25) is 0 Å². The number of hydrogen-bond acceptors (Lipinski definition) is 1. The van der Waals surface area contributed by atoms with Crippen LogP contribution in [-0.2, 0) is 0 Å². The predicted molar refractivity (Wildman–Crippen MR) is 73.9 cm³/mol. The highest BCUT2D eigenvalue weighted by Gasteiger charge is 2.25. The number of nitrogens with one attached hydrogen (secondary N) is 1. The van der Waals surface area contributed by atoms with Crippen molar-refractivity contribution in [1.29, 1.82) is 0 Å². The molecule has 0 radical (unpaired) electrons. The summed E-state index contributed by atoms with van der Waals surface area (Å²) in [5, 5.41) is 0. The van der Waals surface area contributed by atoms with Crippen LogP contribution >= 0.6 is 12.2 Å². The van der Waals surface area contributed by atoms with E-state index in [4.69, 9.17) is 12.2 Å². The Morgan fingerprint density at radius 3 is 2.89 bits per heavy atom. The first kappa shape index (κ1) is 11.9. The summed E-state index contributed by atoms with van der Waals surface area (Å²) in [4.78, 5) is 3.11. The molecule has 1 atom stereocenters. The number of aromatic nitrogens is 2. The van der Waals surface area contributed by atoms with Crippen LogP contribution < -0.4 is 0 Å². The molecule has 4 heteroatoms. The van der Waals surface area contributed by atoms with Crippen LogP contribution in [0.4, 0.5) is 4.39 Å². The Morgan fingerprint density at radius 2 is 2.22 bits per heavy atom. The van der Waals surface area contributed by atoms with Crippen molar-refractivity contribution >= 4 is 23.3 Å². The molecule has 0 aliphatic heterocycles. The van der Waals surface area contributed by atoms with E-state index in [-0.39, 0.29) is 5.82 Å². The topological polar surface area (TPSA) is 20.7 Å². The summed E-state index contributed by atoms with van der Waals surface area (Å²) in [5.41, 5.74) is 2.49. The third-order valence-electron chi connectivity index (χ3n) is 3.81. The second kappa shape index (κ2) is 4.19. The highest BCUT2D eigenvalue weighted by atomic mass is 32.1. The highest BCUT2D eigenvalue weighted by molar-refractivity contribution is 7.71. The van der Waals surface area contributed by atoms with Crippen molar-refractivity contribution in [1.82, 2.24) is 9.55 Å². The average Bonchev–Trinajstić information content (AvgIpc) is 3.03. The van der Waals surface area contributed by atoms with E-state index in [1.165, 1.54) is 12.8 Å². The van der Waals surface area contributed by atoms with Gasteiger partial charge in [0.25, 0.3) is 0 Å². The van der Waals surface area contributed by atoms with E-state index in [9.17, 15) is 4.39 Å². The number of imidazole rings is 1. The smallest absolute Gasteiger partial charge is 0.178 e. The second-order valence-corrected chi connectivity index (χ2v) is 5.83. The molecule has 2 nitrogen and oxygen atoms in total. The van der Waals surface area contributed by atoms with Gasteiger partial charge in [0.15, 0.2) is 4.77 Å². The lowest BCUT2D eigenvalue weighted by Gasteiger charge is -2.14. The van der Waals surface area contributed by atoms with Gasteiger partial charge >= 0.3 is 0 Å². The quantitative estimate of drug-likeness (QED) is 0.809. The Bertz CT molecular complexity index is 652. The highest BCUT2D eigenvalue weighted by Crippen LogP contribution is 2.37. The number of rotatable bonds is 3. The van der Waals surface area contributed by atoms with Gasteiger partial charge in [-0.1, -0.05) is 12.8 Å². The maximum absolute atomic E-state index is 13.5. The maximum atomic E-state index is 13.5. The van der Waals surface area contributed by atoms with Crippen molar-refractivity contribution in [3.8, 4) is 0 Å². The lowest BCUT2D eigenvalue weighted by Crippen LogP contribution is -2.06. The van der Waals surface area contributed by atoms with Gasteiger partial charge < -0.3 is 9.55 Å². The molecule has 0 spiro atoms. The van der Waals surface area contributed by atoms with Crippen LogP contribution in [0.3, 0.4) is 0 Å². The average molecular weight is 264 g/mol. The van der Waals surface area contributed by atoms with E-state index in [1.54, 1.807) is 13.0 Å². The normalized spacial score (nSPS) is 17.3. The molecule has 1 heterocycles. The maximum Gasteiger partial charge on any atom is 0.178 e. The van der Waals surface area contributed by atoms with Gasteiger partial charge in [-0.25, -0.2) is 4.39 Å². The van der Waals surface area contributed by atoms with Crippen molar-refractivity contribution in [2.45, 2.75) is 39.2 Å². The summed E-state index contributed by atoms with van der Waals surface area (Å²) in [6.07, 6.45) is 3.85. The zero-order valence-corrected chi connectivity index (χ0v) is 11.5. The zero-order chi connectivity index (χ0) is 12.9.